The molecular formula is C55H76N16O10. The van der Waals surface area contributed by atoms with Crippen molar-refractivity contribution in [3.05, 3.63) is 108 Å². The smallest absolute Gasteiger partial charge is 0.245 e. The molecular weight excluding hydrogens is 1040 g/mol. The Morgan fingerprint density at radius 2 is 1.28 bits per heavy atom. The van der Waals surface area contributed by atoms with E-state index in [-0.39, 0.29) is 95.9 Å². The molecule has 1 saturated heterocycles. The molecule has 5 rings (SSSR count). The summed E-state index contributed by atoms with van der Waals surface area (Å²) in [4.78, 5) is 130. The number of para-hydroxylation sites is 1. The summed E-state index contributed by atoms with van der Waals surface area (Å²) in [5.74, 6) is -8.07. The molecule has 3 aromatic carbocycles. The normalized spacial score (nSPS) is 20.8. The van der Waals surface area contributed by atoms with Gasteiger partial charge in [0.1, 0.15) is 42.3 Å². The van der Waals surface area contributed by atoms with Gasteiger partial charge in [-0.3, -0.25) is 54.0 Å². The number of nitrogens with two attached hydrogens (primary N) is 3. The van der Waals surface area contributed by atoms with Gasteiger partial charge in [0.2, 0.25) is 53.2 Å². The minimum Gasteiger partial charge on any atom is -0.371 e. The summed E-state index contributed by atoms with van der Waals surface area (Å²) in [6.07, 6.45) is 0.455. The first-order valence-electron chi connectivity index (χ1n) is 26.8. The molecule has 8 atom stereocenters. The zero-order valence-electron chi connectivity index (χ0n) is 45.5. The van der Waals surface area contributed by atoms with E-state index in [9.17, 15) is 43.2 Å². The van der Waals surface area contributed by atoms with Crippen LogP contribution < -0.4 is 70.4 Å². The zero-order chi connectivity index (χ0) is 58.8. The molecule has 81 heavy (non-hydrogen) atoms. The number of ether oxygens (including phenoxy) is 1. The number of H-pyrrole nitrogens is 1. The third-order valence-electron chi connectivity index (χ3n) is 13.3. The molecule has 0 spiro atoms. The molecule has 4 aromatic rings. The Labute approximate surface area is 469 Å². The largest absolute Gasteiger partial charge is 0.371 e. The van der Waals surface area contributed by atoms with E-state index in [1.807, 2.05) is 24.3 Å². The van der Waals surface area contributed by atoms with Crippen molar-refractivity contribution < 1.29 is 47.9 Å². The van der Waals surface area contributed by atoms with Gasteiger partial charge in [-0.15, -0.1) is 0 Å². The van der Waals surface area contributed by atoms with Crippen molar-refractivity contribution >= 4 is 76.0 Å². The molecule has 19 N–H and O–H groups in total. The van der Waals surface area contributed by atoms with Gasteiger partial charge in [-0.05, 0) is 74.6 Å². The van der Waals surface area contributed by atoms with Crippen LogP contribution in [0.4, 0.5) is 0 Å². The summed E-state index contributed by atoms with van der Waals surface area (Å²) < 4.78 is 6.19. The lowest BCUT2D eigenvalue weighted by molar-refractivity contribution is -0.138. The molecule has 1 aromatic heterocycles. The van der Waals surface area contributed by atoms with E-state index in [2.05, 4.69) is 58.2 Å². The van der Waals surface area contributed by atoms with Crippen LogP contribution in [0.2, 0.25) is 0 Å². The highest BCUT2D eigenvalue weighted by Gasteiger charge is 2.37. The summed E-state index contributed by atoms with van der Waals surface area (Å²) in [6.45, 7) is 2.93. The molecule has 1 aliphatic heterocycles. The number of guanidine groups is 2. The number of amides is 9. The molecule has 436 valence electrons. The molecule has 0 bridgehead atoms. The van der Waals surface area contributed by atoms with Crippen molar-refractivity contribution in [2.75, 3.05) is 19.6 Å². The second kappa shape index (κ2) is 32.1. The van der Waals surface area contributed by atoms with E-state index in [1.54, 1.807) is 66.9 Å². The van der Waals surface area contributed by atoms with E-state index < -0.39 is 108 Å². The summed E-state index contributed by atoms with van der Waals surface area (Å²) in [5.41, 5.74) is 19.5. The van der Waals surface area contributed by atoms with Gasteiger partial charge in [0.15, 0.2) is 11.9 Å². The standard InChI is InChI=1S/C55H76N16O10/c1-32(81-31-35-17-7-4-8-18-35)46-53(80)70-42(27-34-15-5-3-6-16-34)50(77)67-41(23-14-26-63-55(59)60)49(76)68-43(28-36-30-64-38-20-10-9-19-37(36)38)51(78)66-39(47(56)74)21-11-12-24-61-45(73)29-44(52(79)71-46)69-48(75)40(65-33(2)72)22-13-25-62-54(57)58/h3-10,15-20,30,32,39-44,46,64H,11-14,21-29,31H2,1-2H3,(H2,56,74)(H,61,73)(H,65,72)(H,66,78)(H,67,77)(H,68,76)(H,69,75)(H,70,80)(H,71,79)(H4,57,58,62)(H4,59,60,63)/t32-,39?,40+,41+,42-,43+,44+,46-/m1/s1. The van der Waals surface area contributed by atoms with Crippen LogP contribution >= 0.6 is 0 Å². The van der Waals surface area contributed by atoms with Gasteiger partial charge in [0.05, 0.1) is 19.1 Å². The number of aromatic amines is 1. The maximum absolute atomic E-state index is 14.9. The molecule has 0 aliphatic carbocycles. The first-order chi connectivity index (χ1) is 38.8. The van der Waals surface area contributed by atoms with Crippen LogP contribution in [0.1, 0.15) is 81.9 Å². The van der Waals surface area contributed by atoms with Gasteiger partial charge in [-0.2, -0.15) is 0 Å². The Morgan fingerprint density at radius 3 is 1.95 bits per heavy atom. The monoisotopic (exact) mass is 1120 g/mol. The summed E-state index contributed by atoms with van der Waals surface area (Å²) >= 11 is 0. The number of nitrogens with one attached hydrogen (secondary N) is 13. The van der Waals surface area contributed by atoms with Gasteiger partial charge < -0.3 is 80.1 Å². The molecule has 1 aliphatic rings. The number of carbonyl (C=O) groups excluding carboxylic acids is 9. The molecule has 0 radical (unpaired) electrons. The summed E-state index contributed by atoms with van der Waals surface area (Å²) in [5, 5.41) is 42.7. The van der Waals surface area contributed by atoms with Crippen molar-refractivity contribution in [1.29, 1.82) is 10.8 Å². The van der Waals surface area contributed by atoms with Crippen molar-refractivity contribution in [2.45, 2.75) is 133 Å². The van der Waals surface area contributed by atoms with Crippen LogP contribution in [0.25, 0.3) is 10.9 Å². The Balaban J connectivity index is 1.57. The van der Waals surface area contributed by atoms with Crippen LogP contribution in [-0.4, -0.2) is 138 Å². The minimum absolute atomic E-state index is 0.00000618. The SMILES string of the molecule is CC(=O)N[C@@H](CCCNC(=N)N)C(=O)N[C@H]1CC(=O)NCCCCC(C(N)=O)NC(=O)[C@H](Cc2c[nH]c3ccccc23)NC(=O)[C@H](CCCNC(=N)N)NC(=O)[C@@H](Cc2ccccc2)NC(=O)[C@@H]([C@@H](C)OCc2ccccc2)NC1=O. The number of carbonyl (C=O) groups is 9. The van der Waals surface area contributed by atoms with Crippen molar-refractivity contribution in [3.8, 4) is 0 Å². The average Bonchev–Trinajstić information content (AvgIpc) is 4.07. The van der Waals surface area contributed by atoms with Crippen LogP contribution in [0, 0.1) is 10.8 Å². The number of fused-ring (bicyclic) bond motifs is 1. The lowest BCUT2D eigenvalue weighted by atomic mass is 10.0. The van der Waals surface area contributed by atoms with Crippen LogP contribution in [0.5, 0.6) is 0 Å². The van der Waals surface area contributed by atoms with E-state index >= 15 is 0 Å². The summed E-state index contributed by atoms with van der Waals surface area (Å²) in [6, 6.07) is 14.9. The fraction of sp³-hybridized carbons (Fsp3) is 0.436. The lowest BCUT2D eigenvalue weighted by Gasteiger charge is -2.30. The van der Waals surface area contributed by atoms with Crippen molar-refractivity contribution in [2.24, 2.45) is 17.2 Å². The third-order valence-corrected chi connectivity index (χ3v) is 13.3. The number of hydrogen-bond acceptors (Lipinski definition) is 12. The molecule has 2 heterocycles. The maximum atomic E-state index is 14.9. The van der Waals surface area contributed by atoms with E-state index in [1.165, 1.54) is 13.8 Å². The molecule has 9 amide bonds. The van der Waals surface area contributed by atoms with E-state index in [4.69, 9.17) is 32.8 Å². The minimum atomic E-state index is -1.69. The fourth-order valence-corrected chi connectivity index (χ4v) is 8.98. The van der Waals surface area contributed by atoms with Gasteiger partial charge in [0, 0.05) is 56.5 Å². The Bertz CT molecular complexity index is 2820. The van der Waals surface area contributed by atoms with E-state index in [0.29, 0.717) is 16.7 Å². The first kappa shape index (κ1) is 62.8. The first-order valence-corrected chi connectivity index (χ1v) is 26.8. The molecule has 1 unspecified atom stereocenters. The second-order valence-electron chi connectivity index (χ2n) is 19.7. The summed E-state index contributed by atoms with van der Waals surface area (Å²) in [7, 11) is 0. The highest BCUT2D eigenvalue weighted by molar-refractivity contribution is 5.99. The van der Waals surface area contributed by atoms with Gasteiger partial charge in [-0.1, -0.05) is 78.9 Å². The molecule has 26 heteroatoms. The Hall–Kier alpha value is -9.07. The number of primary amides is 1. The highest BCUT2D eigenvalue weighted by Crippen LogP contribution is 2.20. The van der Waals surface area contributed by atoms with Gasteiger partial charge in [-0.25, -0.2) is 0 Å². The maximum Gasteiger partial charge on any atom is 0.245 e. The van der Waals surface area contributed by atoms with Crippen LogP contribution in [0.15, 0.2) is 91.1 Å². The predicted molar refractivity (Wildman–Crippen MR) is 301 cm³/mol. The van der Waals surface area contributed by atoms with Gasteiger partial charge >= 0.3 is 0 Å². The van der Waals surface area contributed by atoms with Crippen molar-refractivity contribution in [1.82, 2.24) is 58.2 Å². The predicted octanol–water partition coefficient (Wildman–Crippen LogP) is -1.33. The number of hydrogen-bond donors (Lipinski definition) is 16. The molecule has 0 saturated carbocycles. The average molecular weight is 1120 g/mol. The topological polar surface area (TPSA) is 425 Å². The molecule has 1 fully saturated rings. The Kier molecular flexibility index (Phi) is 24.9. The number of rotatable bonds is 20. The second-order valence-corrected chi connectivity index (χ2v) is 19.7. The fourth-order valence-electron chi connectivity index (χ4n) is 8.98. The molecule has 26 nitrogen and oxygen atoms in total. The van der Waals surface area contributed by atoms with Crippen molar-refractivity contribution in [3.63, 3.8) is 0 Å². The van der Waals surface area contributed by atoms with Crippen LogP contribution in [-0.2, 0) is 67.3 Å². The lowest BCUT2D eigenvalue weighted by Crippen LogP contribution is -2.62. The zero-order valence-corrected chi connectivity index (χ0v) is 45.5. The van der Waals surface area contributed by atoms with Gasteiger partial charge in [0.25, 0.3) is 0 Å². The quantitative estimate of drug-likeness (QED) is 0.0277. The van der Waals surface area contributed by atoms with E-state index in [0.717, 1.165) is 10.9 Å². The number of aromatic nitrogens is 1. The Morgan fingerprint density at radius 1 is 0.691 bits per heavy atom. The third kappa shape index (κ3) is 21.3. The number of benzene rings is 3. The van der Waals surface area contributed by atoms with Crippen LogP contribution in [0.3, 0.4) is 0 Å². The highest BCUT2D eigenvalue weighted by atomic mass is 16.5.